The largest absolute Gasteiger partial charge is 0.489 e. The number of halogens is 2. The average Bonchev–Trinajstić information content (AvgIpc) is 3.70. The number of sulfonamides is 1. The van der Waals surface area contributed by atoms with Crippen molar-refractivity contribution in [2.24, 2.45) is 5.92 Å². The van der Waals surface area contributed by atoms with Gasteiger partial charge in [-0.3, -0.25) is 4.90 Å². The van der Waals surface area contributed by atoms with Crippen LogP contribution < -0.4 is 4.74 Å². The maximum atomic E-state index is 14.5. The summed E-state index contributed by atoms with van der Waals surface area (Å²) in [6.45, 7) is 12.8. The number of thiazole rings is 1. The van der Waals surface area contributed by atoms with Crippen LogP contribution in [0.2, 0.25) is 0 Å². The second-order valence-corrected chi connectivity index (χ2v) is 19.0. The summed E-state index contributed by atoms with van der Waals surface area (Å²) in [5.74, 6) is -2.37. The number of carbonyl (C=O) groups is 2. The van der Waals surface area contributed by atoms with E-state index in [1.807, 2.05) is 26.0 Å². The molecular formula is C43H47F2N3O8S2. The van der Waals surface area contributed by atoms with E-state index in [4.69, 9.17) is 14.2 Å². The van der Waals surface area contributed by atoms with Gasteiger partial charge < -0.3 is 19.3 Å². The summed E-state index contributed by atoms with van der Waals surface area (Å²) in [7, 11) is -4.00. The lowest BCUT2D eigenvalue weighted by atomic mass is 9.99. The van der Waals surface area contributed by atoms with Crippen LogP contribution in [0, 0.1) is 17.6 Å². The minimum Gasteiger partial charge on any atom is -0.489 e. The third-order valence-electron chi connectivity index (χ3n) is 9.61. The number of carbonyl (C=O) groups excluding carboxylic acids is 1. The molecule has 1 saturated heterocycles. The van der Waals surface area contributed by atoms with Crippen molar-refractivity contribution in [1.29, 1.82) is 0 Å². The van der Waals surface area contributed by atoms with Gasteiger partial charge in [-0.2, -0.15) is 4.31 Å². The molecule has 2 heterocycles. The number of carboxylic acid groups (broad SMARTS) is 1. The van der Waals surface area contributed by atoms with Gasteiger partial charge in [-0.15, -0.1) is 11.3 Å². The normalized spacial score (nSPS) is 17.0. The molecular weight excluding hydrogens is 789 g/mol. The zero-order chi connectivity index (χ0) is 42.2. The first-order valence-corrected chi connectivity index (χ1v) is 21.1. The predicted octanol–water partition coefficient (Wildman–Crippen LogP) is 9.15. The van der Waals surface area contributed by atoms with Gasteiger partial charge in [-0.1, -0.05) is 38.1 Å². The lowest BCUT2D eigenvalue weighted by Gasteiger charge is -2.35. The first kappa shape index (κ1) is 42.6. The molecule has 1 aliphatic rings. The Morgan fingerprint density at radius 3 is 2.40 bits per heavy atom. The van der Waals surface area contributed by atoms with Crippen molar-refractivity contribution < 1.29 is 46.1 Å². The quantitative estimate of drug-likeness (QED) is 0.123. The standard InChI is InChI=1S/C43H47F2N3O8S2/c1-26(2)22-47(58(52,53)32-15-17-36-39(21-32)57-25-46-36)23-38-37(48(43(6,7)55-38)41(51)56-42(3,4)5)18-27-8-13-31(14-9-27)54-24-29-11-10-28(19-34(29)40(49)50)33-16-12-30(44)20-35(33)45/h8-17,19-21,25-26,37-38H,18,22-24H2,1-7H3,(H,49,50)/t37-,38+/m0/s1. The highest BCUT2D eigenvalue weighted by Gasteiger charge is 2.52. The zero-order valence-electron chi connectivity index (χ0n) is 33.4. The van der Waals surface area contributed by atoms with Crippen LogP contribution in [-0.2, 0) is 32.5 Å². The number of rotatable bonds is 13. The summed E-state index contributed by atoms with van der Waals surface area (Å²) in [5.41, 5.74) is 1.81. The topological polar surface area (TPSA) is 136 Å². The van der Waals surface area contributed by atoms with Gasteiger partial charge in [0.15, 0.2) is 0 Å². The Kier molecular flexibility index (Phi) is 12.3. The number of hydrogen-bond acceptors (Lipinski definition) is 9. The van der Waals surface area contributed by atoms with Crippen molar-refractivity contribution in [1.82, 2.24) is 14.2 Å². The molecule has 1 aromatic heterocycles. The molecule has 6 rings (SSSR count). The van der Waals surface area contributed by atoms with Crippen molar-refractivity contribution in [3.63, 3.8) is 0 Å². The third-order valence-corrected chi connectivity index (χ3v) is 12.2. The summed E-state index contributed by atoms with van der Waals surface area (Å²) in [5, 5.41) is 9.94. The van der Waals surface area contributed by atoms with Gasteiger partial charge in [-0.25, -0.2) is 31.8 Å². The fourth-order valence-electron chi connectivity index (χ4n) is 7.06. The summed E-state index contributed by atoms with van der Waals surface area (Å²) in [6, 6.07) is 18.8. The van der Waals surface area contributed by atoms with Crippen LogP contribution in [0.1, 0.15) is 70.0 Å². The van der Waals surface area contributed by atoms with Crippen LogP contribution >= 0.6 is 11.3 Å². The van der Waals surface area contributed by atoms with Gasteiger partial charge in [0.1, 0.15) is 35.3 Å². The molecule has 5 aromatic rings. The first-order valence-electron chi connectivity index (χ1n) is 18.8. The van der Waals surface area contributed by atoms with Crippen LogP contribution in [0.25, 0.3) is 21.3 Å². The molecule has 0 aliphatic carbocycles. The van der Waals surface area contributed by atoms with Crippen LogP contribution in [0.5, 0.6) is 5.75 Å². The number of amides is 1. The molecule has 0 spiro atoms. The Morgan fingerprint density at radius 2 is 1.74 bits per heavy atom. The van der Waals surface area contributed by atoms with E-state index < -0.39 is 57.2 Å². The number of fused-ring (bicyclic) bond motifs is 1. The lowest BCUT2D eigenvalue weighted by Crippen LogP contribution is -2.52. The van der Waals surface area contributed by atoms with Crippen LogP contribution in [-0.4, -0.2) is 76.3 Å². The van der Waals surface area contributed by atoms with E-state index in [0.29, 0.717) is 16.8 Å². The second kappa shape index (κ2) is 16.7. The molecule has 0 saturated carbocycles. The molecule has 0 unspecified atom stereocenters. The smallest absolute Gasteiger partial charge is 0.412 e. The SMILES string of the molecule is CC(C)CN(C[C@H]1OC(C)(C)N(C(=O)OC(C)(C)C)[C@H]1Cc1ccc(OCc2ccc(-c3ccc(F)cc3F)cc2C(=O)O)cc1)S(=O)(=O)c1ccc2ncsc2c1. The minimum atomic E-state index is -4.00. The molecule has 11 nitrogen and oxygen atoms in total. The highest BCUT2D eigenvalue weighted by Crippen LogP contribution is 2.37. The molecule has 4 aromatic carbocycles. The van der Waals surface area contributed by atoms with E-state index in [1.165, 1.54) is 33.8 Å². The summed E-state index contributed by atoms with van der Waals surface area (Å²) in [6.07, 6.45) is -1.07. The number of nitrogens with zero attached hydrogens (tertiary/aromatic N) is 3. The number of aromatic nitrogens is 1. The van der Waals surface area contributed by atoms with Gasteiger partial charge in [0.2, 0.25) is 10.0 Å². The Morgan fingerprint density at radius 1 is 1.02 bits per heavy atom. The average molecular weight is 836 g/mol. The van der Waals surface area contributed by atoms with Gasteiger partial charge >= 0.3 is 12.1 Å². The molecule has 15 heteroatoms. The van der Waals surface area contributed by atoms with Crippen molar-refractivity contribution in [3.05, 3.63) is 113 Å². The van der Waals surface area contributed by atoms with Crippen molar-refractivity contribution in [2.75, 3.05) is 13.1 Å². The Bertz CT molecular complexity index is 2410. The highest BCUT2D eigenvalue weighted by atomic mass is 32.2. The Hall–Kier alpha value is -4.96. The Labute approximate surface area is 341 Å². The molecule has 1 fully saturated rings. The predicted molar refractivity (Wildman–Crippen MR) is 217 cm³/mol. The lowest BCUT2D eigenvalue weighted by molar-refractivity contribution is -0.0807. The van der Waals surface area contributed by atoms with Crippen LogP contribution in [0.3, 0.4) is 0 Å². The molecule has 308 valence electrons. The molecule has 1 N–H and O–H groups in total. The number of benzene rings is 4. The monoisotopic (exact) mass is 835 g/mol. The molecule has 2 atom stereocenters. The maximum Gasteiger partial charge on any atom is 0.412 e. The van der Waals surface area contributed by atoms with Crippen molar-refractivity contribution in [2.45, 2.75) is 89.9 Å². The highest BCUT2D eigenvalue weighted by molar-refractivity contribution is 7.89. The van der Waals surface area contributed by atoms with Gasteiger partial charge in [0.25, 0.3) is 0 Å². The number of aromatic carboxylic acids is 1. The van der Waals surface area contributed by atoms with E-state index in [2.05, 4.69) is 4.98 Å². The summed E-state index contributed by atoms with van der Waals surface area (Å²) in [4.78, 5) is 32.0. The third kappa shape index (κ3) is 9.66. The van der Waals surface area contributed by atoms with E-state index in [0.717, 1.165) is 22.4 Å². The minimum absolute atomic E-state index is 0.0217. The Balaban J connectivity index is 1.25. The van der Waals surface area contributed by atoms with Crippen LogP contribution in [0.4, 0.5) is 13.6 Å². The first-order chi connectivity index (χ1) is 27.2. The summed E-state index contributed by atoms with van der Waals surface area (Å²) >= 11 is 1.36. The van der Waals surface area contributed by atoms with E-state index in [1.54, 1.807) is 81.4 Å². The molecule has 0 radical (unpaired) electrons. The van der Waals surface area contributed by atoms with Crippen LogP contribution in [0.15, 0.2) is 89.3 Å². The number of carboxylic acids is 1. The zero-order valence-corrected chi connectivity index (χ0v) is 35.0. The number of hydrogen-bond donors (Lipinski definition) is 1. The van der Waals surface area contributed by atoms with Crippen molar-refractivity contribution >= 4 is 43.6 Å². The fourth-order valence-corrected chi connectivity index (χ4v) is 9.49. The fraction of sp³-hybridized carbons (Fsp3) is 0.372. The number of ether oxygens (including phenoxy) is 3. The van der Waals surface area contributed by atoms with Gasteiger partial charge in [0.05, 0.1) is 38.3 Å². The van der Waals surface area contributed by atoms with E-state index >= 15 is 0 Å². The van der Waals surface area contributed by atoms with E-state index in [-0.39, 0.29) is 53.6 Å². The summed E-state index contributed by atoms with van der Waals surface area (Å²) < 4.78 is 77.1. The molecule has 1 aliphatic heterocycles. The molecule has 1 amide bonds. The van der Waals surface area contributed by atoms with E-state index in [9.17, 15) is 31.9 Å². The molecule has 58 heavy (non-hydrogen) atoms. The maximum absolute atomic E-state index is 14.5. The molecule has 0 bridgehead atoms. The van der Waals surface area contributed by atoms with Gasteiger partial charge in [-0.05, 0) is 107 Å². The van der Waals surface area contributed by atoms with Gasteiger partial charge in [0, 0.05) is 30.3 Å². The second-order valence-electron chi connectivity index (χ2n) is 16.2. The van der Waals surface area contributed by atoms with Crippen molar-refractivity contribution in [3.8, 4) is 16.9 Å².